The smallest absolute Gasteiger partial charge is 0.00189 e. The number of halogens is 1. The molecule has 0 radical (unpaired) electrons. The summed E-state index contributed by atoms with van der Waals surface area (Å²) in [5, 5.41) is 3.51. The van der Waals surface area contributed by atoms with Gasteiger partial charge < -0.3 is 10.2 Å². The molecule has 1 aliphatic heterocycles. The zero-order chi connectivity index (χ0) is 10.5. The Hall–Kier alpha value is 0.210. The molecule has 1 aliphatic carbocycles. The maximum absolute atomic E-state index is 3.51. The van der Waals surface area contributed by atoms with Crippen LogP contribution in [0.15, 0.2) is 0 Å². The lowest BCUT2D eigenvalue weighted by Gasteiger charge is -2.29. The highest BCUT2D eigenvalue weighted by atomic mass is 35.5. The van der Waals surface area contributed by atoms with E-state index in [0.717, 1.165) is 11.8 Å². The van der Waals surface area contributed by atoms with Crippen LogP contribution in [0.1, 0.15) is 38.5 Å². The first-order valence-electron chi connectivity index (χ1n) is 6.74. The molecule has 1 N–H and O–H groups in total. The summed E-state index contributed by atoms with van der Waals surface area (Å²) in [5.74, 6) is 1.91. The molecule has 1 heterocycles. The Kier molecular flexibility index (Phi) is 6.71. The Morgan fingerprint density at radius 1 is 1.00 bits per heavy atom. The number of hydrogen-bond acceptors (Lipinski definition) is 2. The van der Waals surface area contributed by atoms with Crippen LogP contribution in [0, 0.1) is 11.8 Å². The summed E-state index contributed by atoms with van der Waals surface area (Å²) in [5.41, 5.74) is 0. The van der Waals surface area contributed by atoms with Gasteiger partial charge in [0.1, 0.15) is 0 Å². The molecule has 0 amide bonds. The van der Waals surface area contributed by atoms with Gasteiger partial charge in [-0.05, 0) is 57.7 Å². The summed E-state index contributed by atoms with van der Waals surface area (Å²) in [7, 11) is 2.31. The molecule has 96 valence electrons. The molecule has 0 bridgehead atoms. The molecule has 0 aromatic rings. The highest BCUT2D eigenvalue weighted by Crippen LogP contribution is 2.25. The first-order chi connectivity index (χ1) is 7.34. The second kappa shape index (κ2) is 7.52. The predicted octanol–water partition coefficient (Wildman–Crippen LogP) is 2.53. The van der Waals surface area contributed by atoms with Gasteiger partial charge in [-0.3, -0.25) is 0 Å². The van der Waals surface area contributed by atoms with Crippen molar-refractivity contribution in [1.29, 1.82) is 0 Å². The fourth-order valence-corrected chi connectivity index (χ4v) is 3.23. The van der Waals surface area contributed by atoms with Crippen molar-refractivity contribution in [2.45, 2.75) is 38.5 Å². The second-order valence-corrected chi connectivity index (χ2v) is 5.58. The fraction of sp³-hybridized carbons (Fsp3) is 1.00. The predicted molar refractivity (Wildman–Crippen MR) is 72.3 cm³/mol. The van der Waals surface area contributed by atoms with E-state index in [1.165, 1.54) is 64.7 Å². The molecular formula is C13H27ClN2. The van der Waals surface area contributed by atoms with Crippen LogP contribution >= 0.6 is 12.4 Å². The van der Waals surface area contributed by atoms with Crippen LogP contribution in [0.4, 0.5) is 0 Å². The standard InChI is InChI=1S/C13H26N2.ClH/c1-15(10-12-5-2-3-6-12)11-13-7-4-8-14-9-13;/h12-14H,2-11H2,1H3;1H. The van der Waals surface area contributed by atoms with Crippen LogP contribution in [0.5, 0.6) is 0 Å². The SMILES string of the molecule is CN(CC1CCCC1)CC1CCCNC1.Cl. The van der Waals surface area contributed by atoms with Crippen LogP contribution < -0.4 is 5.32 Å². The highest BCUT2D eigenvalue weighted by Gasteiger charge is 2.19. The average Bonchev–Trinajstić information content (AvgIpc) is 2.71. The van der Waals surface area contributed by atoms with Gasteiger partial charge in [0, 0.05) is 13.1 Å². The molecule has 1 saturated heterocycles. The zero-order valence-electron chi connectivity index (χ0n) is 10.6. The van der Waals surface area contributed by atoms with Crippen LogP contribution in [0.25, 0.3) is 0 Å². The lowest BCUT2D eigenvalue weighted by Crippen LogP contribution is -2.38. The van der Waals surface area contributed by atoms with Crippen molar-refractivity contribution in [1.82, 2.24) is 10.2 Å². The maximum Gasteiger partial charge on any atom is 0.00189 e. The lowest BCUT2D eigenvalue weighted by molar-refractivity contribution is 0.216. The Balaban J connectivity index is 0.00000128. The third kappa shape index (κ3) is 4.60. The maximum atomic E-state index is 3.51. The minimum atomic E-state index is 0. The molecule has 2 fully saturated rings. The lowest BCUT2D eigenvalue weighted by atomic mass is 9.98. The van der Waals surface area contributed by atoms with E-state index >= 15 is 0 Å². The van der Waals surface area contributed by atoms with Crippen molar-refractivity contribution < 1.29 is 0 Å². The normalized spacial score (nSPS) is 27.0. The molecule has 1 unspecified atom stereocenters. The summed E-state index contributed by atoms with van der Waals surface area (Å²) in [4.78, 5) is 2.58. The van der Waals surface area contributed by atoms with E-state index in [9.17, 15) is 0 Å². The Morgan fingerprint density at radius 2 is 1.62 bits per heavy atom. The topological polar surface area (TPSA) is 15.3 Å². The minimum absolute atomic E-state index is 0. The van der Waals surface area contributed by atoms with E-state index in [-0.39, 0.29) is 12.4 Å². The number of nitrogens with zero attached hydrogens (tertiary/aromatic N) is 1. The van der Waals surface area contributed by atoms with Gasteiger partial charge in [0.15, 0.2) is 0 Å². The second-order valence-electron chi connectivity index (χ2n) is 5.58. The van der Waals surface area contributed by atoms with Crippen molar-refractivity contribution in [3.05, 3.63) is 0 Å². The van der Waals surface area contributed by atoms with Gasteiger partial charge in [0.2, 0.25) is 0 Å². The van der Waals surface area contributed by atoms with Crippen LogP contribution in [-0.2, 0) is 0 Å². The first kappa shape index (κ1) is 14.3. The van der Waals surface area contributed by atoms with Gasteiger partial charge in [0.25, 0.3) is 0 Å². The zero-order valence-corrected chi connectivity index (χ0v) is 11.4. The molecular weight excluding hydrogens is 220 g/mol. The number of hydrogen-bond donors (Lipinski definition) is 1. The summed E-state index contributed by atoms with van der Waals surface area (Å²) in [6, 6.07) is 0. The van der Waals surface area contributed by atoms with Gasteiger partial charge in [-0.25, -0.2) is 0 Å². The largest absolute Gasteiger partial charge is 0.316 e. The summed E-state index contributed by atoms with van der Waals surface area (Å²) in [6.07, 6.45) is 8.72. The number of piperidine rings is 1. The highest BCUT2D eigenvalue weighted by molar-refractivity contribution is 5.85. The third-order valence-electron chi connectivity index (χ3n) is 4.01. The van der Waals surface area contributed by atoms with E-state index in [1.54, 1.807) is 0 Å². The summed E-state index contributed by atoms with van der Waals surface area (Å²) in [6.45, 7) is 5.14. The first-order valence-corrected chi connectivity index (χ1v) is 6.74. The number of rotatable bonds is 4. The summed E-state index contributed by atoms with van der Waals surface area (Å²) >= 11 is 0. The van der Waals surface area contributed by atoms with Crippen LogP contribution in [0.2, 0.25) is 0 Å². The molecule has 1 saturated carbocycles. The van der Waals surface area contributed by atoms with E-state index in [1.807, 2.05) is 0 Å². The molecule has 0 spiro atoms. The van der Waals surface area contributed by atoms with Gasteiger partial charge in [-0.2, -0.15) is 0 Å². The molecule has 2 aliphatic rings. The van der Waals surface area contributed by atoms with Gasteiger partial charge in [-0.15, -0.1) is 12.4 Å². The monoisotopic (exact) mass is 246 g/mol. The van der Waals surface area contributed by atoms with Crippen molar-refractivity contribution in [2.75, 3.05) is 33.2 Å². The minimum Gasteiger partial charge on any atom is -0.316 e. The van der Waals surface area contributed by atoms with Crippen molar-refractivity contribution in [3.8, 4) is 0 Å². The molecule has 0 aromatic heterocycles. The Labute approximate surface area is 107 Å². The van der Waals surface area contributed by atoms with Crippen LogP contribution in [0.3, 0.4) is 0 Å². The fourth-order valence-electron chi connectivity index (χ4n) is 3.23. The van der Waals surface area contributed by atoms with Crippen molar-refractivity contribution in [3.63, 3.8) is 0 Å². The Bertz CT molecular complexity index is 175. The van der Waals surface area contributed by atoms with Crippen LogP contribution in [-0.4, -0.2) is 38.1 Å². The van der Waals surface area contributed by atoms with Crippen molar-refractivity contribution >= 4 is 12.4 Å². The summed E-state index contributed by atoms with van der Waals surface area (Å²) < 4.78 is 0. The van der Waals surface area contributed by atoms with E-state index in [4.69, 9.17) is 0 Å². The average molecular weight is 247 g/mol. The van der Waals surface area contributed by atoms with Gasteiger partial charge >= 0.3 is 0 Å². The molecule has 3 heteroatoms. The van der Waals surface area contributed by atoms with E-state index in [2.05, 4.69) is 17.3 Å². The molecule has 2 nitrogen and oxygen atoms in total. The molecule has 1 atom stereocenters. The molecule has 16 heavy (non-hydrogen) atoms. The molecule has 0 aromatic carbocycles. The van der Waals surface area contributed by atoms with Gasteiger partial charge in [-0.1, -0.05) is 12.8 Å². The third-order valence-corrected chi connectivity index (χ3v) is 4.01. The van der Waals surface area contributed by atoms with Crippen molar-refractivity contribution in [2.24, 2.45) is 11.8 Å². The Morgan fingerprint density at radius 3 is 2.25 bits per heavy atom. The number of nitrogens with one attached hydrogen (secondary N) is 1. The van der Waals surface area contributed by atoms with E-state index < -0.39 is 0 Å². The van der Waals surface area contributed by atoms with Gasteiger partial charge in [0.05, 0.1) is 0 Å². The van der Waals surface area contributed by atoms with E-state index in [0.29, 0.717) is 0 Å². The molecule has 2 rings (SSSR count). The quantitative estimate of drug-likeness (QED) is 0.820.